The summed E-state index contributed by atoms with van der Waals surface area (Å²) >= 11 is 1.78. The number of hydrogen-bond donors (Lipinski definition) is 0. The van der Waals surface area contributed by atoms with Gasteiger partial charge in [-0.3, -0.25) is 5.01 Å². The maximum atomic E-state index is 5.37. The van der Waals surface area contributed by atoms with Crippen molar-refractivity contribution < 1.29 is 4.74 Å². The highest BCUT2D eigenvalue weighted by molar-refractivity contribution is 8.01. The van der Waals surface area contributed by atoms with E-state index in [-0.39, 0.29) is 0 Å². The molecule has 1 heterocycles. The number of rotatable bonds is 6. The Morgan fingerprint density at radius 1 is 1.26 bits per heavy atom. The topological polar surface area (TPSA) is 24.8 Å². The first kappa shape index (κ1) is 17.6. The van der Waals surface area contributed by atoms with Crippen LogP contribution in [0.5, 0.6) is 0 Å². The standard InChI is InChI=1S/C19H24N2OS/c1-14-7-4-9-16(14)19(17-10-5-11-18(17)23-3)20-21-12-6-8-15(21)13-22-2/h4-5,7,9-11,15H,6,8,12-13H2,1-3H3/b20-19+/t15-/m0/s1. The summed E-state index contributed by atoms with van der Waals surface area (Å²) in [6.07, 6.45) is 17.4. The van der Waals surface area contributed by atoms with Crippen LogP contribution in [-0.4, -0.2) is 43.3 Å². The van der Waals surface area contributed by atoms with Crippen LogP contribution < -0.4 is 0 Å². The predicted octanol–water partition coefficient (Wildman–Crippen LogP) is 3.34. The van der Waals surface area contributed by atoms with Gasteiger partial charge in [-0.15, -0.1) is 0 Å². The highest BCUT2D eigenvalue weighted by atomic mass is 32.2. The minimum Gasteiger partial charge on any atom is -0.382 e. The molecule has 2 aliphatic carbocycles. The first-order valence-corrected chi connectivity index (χ1v) is 9.34. The number of ether oxygens (including phenoxy) is 1. The molecule has 3 rings (SSSR count). The fourth-order valence-corrected chi connectivity index (χ4v) is 3.85. The SMILES string of the molecule is COC[C@@H]1CCCN1/N=C(\[C]1[CH][CH][CH][C]1C)[C]1[CH][CH][CH][C]1SC. The first-order chi connectivity index (χ1) is 11.2. The summed E-state index contributed by atoms with van der Waals surface area (Å²) in [6, 6.07) is 0.387. The van der Waals surface area contributed by atoms with Gasteiger partial charge >= 0.3 is 0 Å². The van der Waals surface area contributed by atoms with Gasteiger partial charge in [-0.25, -0.2) is 0 Å². The number of nitrogens with zero attached hydrogens (tertiary/aromatic N) is 2. The van der Waals surface area contributed by atoms with E-state index in [2.05, 4.69) is 56.7 Å². The fraction of sp³-hybridized carbons (Fsp3) is 0.421. The Bertz CT molecular complexity index is 414. The van der Waals surface area contributed by atoms with E-state index in [1.165, 1.54) is 29.4 Å². The molecule has 1 aliphatic heterocycles. The molecule has 4 heteroatoms. The monoisotopic (exact) mass is 328 g/mol. The smallest absolute Gasteiger partial charge is 0.0704 e. The predicted molar refractivity (Wildman–Crippen MR) is 97.0 cm³/mol. The van der Waals surface area contributed by atoms with Gasteiger partial charge in [0.15, 0.2) is 0 Å². The van der Waals surface area contributed by atoms with E-state index in [9.17, 15) is 0 Å². The number of methoxy groups -OCH3 is 1. The zero-order valence-corrected chi connectivity index (χ0v) is 14.9. The lowest BCUT2D eigenvalue weighted by Crippen LogP contribution is -2.33. The van der Waals surface area contributed by atoms with Gasteiger partial charge in [0.05, 0.1) is 18.4 Å². The molecule has 0 aromatic rings. The molecule has 0 amide bonds. The summed E-state index contributed by atoms with van der Waals surface area (Å²) in [5, 5.41) is 8.60. The average molecular weight is 328 g/mol. The molecule has 3 fully saturated rings. The number of hydrogen-bond acceptors (Lipinski definition) is 4. The van der Waals surface area contributed by atoms with Crippen molar-refractivity contribution in [3.63, 3.8) is 0 Å². The third-order valence-corrected chi connectivity index (χ3v) is 5.27. The second kappa shape index (κ2) is 8.24. The Hall–Kier alpha value is -0.220. The molecule has 122 valence electrons. The van der Waals surface area contributed by atoms with Crippen LogP contribution in [0.15, 0.2) is 5.10 Å². The Labute approximate surface area is 146 Å². The molecule has 0 unspecified atom stereocenters. The molecule has 1 atom stereocenters. The molecule has 0 spiro atoms. The largest absolute Gasteiger partial charge is 0.382 e. The maximum absolute atomic E-state index is 5.37. The molecule has 1 saturated heterocycles. The Kier molecular flexibility index (Phi) is 6.31. The maximum Gasteiger partial charge on any atom is 0.0704 e. The molecule has 0 N–H and O–H groups in total. The third kappa shape index (κ3) is 3.89. The van der Waals surface area contributed by atoms with Gasteiger partial charge in [-0.05, 0) is 63.5 Å². The van der Waals surface area contributed by atoms with Crippen LogP contribution in [0, 0.1) is 61.5 Å². The quantitative estimate of drug-likeness (QED) is 0.699. The highest BCUT2D eigenvalue weighted by Crippen LogP contribution is 2.46. The second-order valence-electron chi connectivity index (χ2n) is 5.99. The van der Waals surface area contributed by atoms with Gasteiger partial charge in [0.25, 0.3) is 0 Å². The van der Waals surface area contributed by atoms with Crippen molar-refractivity contribution in [2.24, 2.45) is 5.10 Å². The Morgan fingerprint density at radius 2 is 2.04 bits per heavy atom. The Morgan fingerprint density at radius 3 is 2.74 bits per heavy atom. The van der Waals surface area contributed by atoms with Gasteiger partial charge < -0.3 is 4.74 Å². The van der Waals surface area contributed by atoms with E-state index in [1.54, 1.807) is 18.9 Å². The summed E-state index contributed by atoms with van der Waals surface area (Å²) in [7, 11) is 1.77. The van der Waals surface area contributed by atoms with Crippen LogP contribution >= 0.6 is 11.8 Å². The van der Waals surface area contributed by atoms with Crippen LogP contribution in [0.2, 0.25) is 0 Å². The third-order valence-electron chi connectivity index (χ3n) is 4.47. The average Bonchev–Trinajstić information content (AvgIpc) is 3.26. The Balaban J connectivity index is 1.83. The van der Waals surface area contributed by atoms with Crippen LogP contribution in [-0.2, 0) is 4.74 Å². The van der Waals surface area contributed by atoms with E-state index in [1.807, 2.05) is 0 Å². The van der Waals surface area contributed by atoms with Crippen molar-refractivity contribution in [3.8, 4) is 0 Å². The van der Waals surface area contributed by atoms with Crippen molar-refractivity contribution in [2.75, 3.05) is 26.5 Å². The van der Waals surface area contributed by atoms with Gasteiger partial charge in [-0.2, -0.15) is 16.9 Å². The molecule has 0 bridgehead atoms. The molecule has 3 aliphatic rings. The van der Waals surface area contributed by atoms with E-state index < -0.39 is 0 Å². The summed E-state index contributed by atoms with van der Waals surface area (Å²) in [6.45, 7) is 3.91. The van der Waals surface area contributed by atoms with Crippen molar-refractivity contribution in [3.05, 3.63) is 61.5 Å². The van der Waals surface area contributed by atoms with Crippen LogP contribution in [0.4, 0.5) is 0 Å². The summed E-state index contributed by atoms with van der Waals surface area (Å²) in [5.74, 6) is 3.74. The van der Waals surface area contributed by atoms with Gasteiger partial charge in [0.2, 0.25) is 0 Å². The molecular weight excluding hydrogens is 304 g/mol. The molecule has 23 heavy (non-hydrogen) atoms. The molecule has 10 radical (unpaired) electrons. The van der Waals surface area contributed by atoms with Gasteiger partial charge in [-0.1, -0.05) is 6.92 Å². The number of thioether (sulfide) groups is 1. The van der Waals surface area contributed by atoms with Crippen LogP contribution in [0.1, 0.15) is 19.8 Å². The van der Waals surface area contributed by atoms with Crippen molar-refractivity contribution >= 4 is 17.5 Å². The van der Waals surface area contributed by atoms with E-state index >= 15 is 0 Å². The highest BCUT2D eigenvalue weighted by Gasteiger charge is 2.41. The lowest BCUT2D eigenvalue weighted by molar-refractivity contribution is 0.118. The summed E-state index contributed by atoms with van der Waals surface area (Å²) in [4.78, 5) is 0. The fourth-order valence-electron chi connectivity index (χ4n) is 3.25. The normalized spacial score (nSPS) is 29.3. The lowest BCUT2D eigenvalue weighted by atomic mass is 9.84. The minimum absolute atomic E-state index is 0.387. The first-order valence-electron chi connectivity index (χ1n) is 8.11. The molecule has 2 saturated carbocycles. The zero-order chi connectivity index (χ0) is 16.2. The minimum atomic E-state index is 0.387. The van der Waals surface area contributed by atoms with E-state index in [0.29, 0.717) is 6.04 Å². The van der Waals surface area contributed by atoms with Gasteiger partial charge in [0, 0.05) is 30.7 Å². The van der Waals surface area contributed by atoms with Crippen LogP contribution in [0.3, 0.4) is 0 Å². The second-order valence-corrected chi connectivity index (χ2v) is 6.84. The van der Waals surface area contributed by atoms with Gasteiger partial charge in [0.1, 0.15) is 0 Å². The molecular formula is C19H24N2OS. The lowest BCUT2D eigenvalue weighted by Gasteiger charge is -2.29. The van der Waals surface area contributed by atoms with E-state index in [4.69, 9.17) is 9.84 Å². The summed E-state index contributed by atoms with van der Waals surface area (Å²) < 4.78 is 5.37. The van der Waals surface area contributed by atoms with Crippen molar-refractivity contribution in [1.82, 2.24) is 5.01 Å². The molecule has 3 nitrogen and oxygen atoms in total. The summed E-state index contributed by atoms with van der Waals surface area (Å²) in [5.41, 5.74) is 1.09. The van der Waals surface area contributed by atoms with Crippen LogP contribution in [0.25, 0.3) is 0 Å². The number of hydrazone groups is 1. The van der Waals surface area contributed by atoms with Crippen molar-refractivity contribution in [1.29, 1.82) is 0 Å². The zero-order valence-electron chi connectivity index (χ0n) is 14.1. The van der Waals surface area contributed by atoms with Crippen molar-refractivity contribution in [2.45, 2.75) is 25.8 Å². The van der Waals surface area contributed by atoms with E-state index in [0.717, 1.165) is 25.3 Å². The molecule has 0 aromatic heterocycles. The molecule has 0 aromatic carbocycles.